The number of benzene rings is 3. The zero-order chi connectivity index (χ0) is 21.8. The molecule has 1 aromatic heterocycles. The molecule has 0 aliphatic heterocycles. The van der Waals surface area contributed by atoms with Crippen LogP contribution in [-0.2, 0) is 4.79 Å². The topological polar surface area (TPSA) is 51.2 Å². The zero-order valence-corrected chi connectivity index (χ0v) is 18.8. The Labute approximate surface area is 190 Å². The van der Waals surface area contributed by atoms with Gasteiger partial charge < -0.3 is 10.1 Å². The maximum absolute atomic E-state index is 12.2. The van der Waals surface area contributed by atoms with Gasteiger partial charge in [-0.05, 0) is 49.7 Å². The molecule has 4 nitrogen and oxygen atoms in total. The molecule has 6 heteroatoms. The van der Waals surface area contributed by atoms with Crippen LogP contribution >= 0.6 is 22.9 Å². The van der Waals surface area contributed by atoms with E-state index in [1.54, 1.807) is 23.5 Å². The van der Waals surface area contributed by atoms with Gasteiger partial charge in [-0.1, -0.05) is 54.1 Å². The van der Waals surface area contributed by atoms with Crippen molar-refractivity contribution < 1.29 is 9.53 Å². The molecule has 1 amide bonds. The highest BCUT2D eigenvalue weighted by molar-refractivity contribution is 7.15. The Kier molecular flexibility index (Phi) is 6.35. The molecule has 4 rings (SSSR count). The molecule has 0 saturated heterocycles. The summed E-state index contributed by atoms with van der Waals surface area (Å²) in [5.74, 6) is 0.386. The number of amides is 1. The maximum atomic E-state index is 12.2. The Morgan fingerprint density at radius 2 is 1.74 bits per heavy atom. The first-order chi connectivity index (χ1) is 15.0. The molecule has 0 fully saturated rings. The number of anilines is 1. The molecule has 156 valence electrons. The van der Waals surface area contributed by atoms with Crippen LogP contribution in [0, 0.1) is 13.8 Å². The fourth-order valence-electron chi connectivity index (χ4n) is 3.13. The fraction of sp³-hybridized carbons (Fsp3) is 0.120. The standard InChI is InChI=1S/C25H21ClN2O2S/c1-16-14-21(12-13-22(16)26)30-15-23(29)27-20-10-8-18(9-11-20)24-17(2)31-25(28-24)19-6-4-3-5-7-19/h3-14H,15H2,1-2H3,(H,27,29). The second-order valence-corrected chi connectivity index (χ2v) is 8.73. The second kappa shape index (κ2) is 9.33. The largest absolute Gasteiger partial charge is 0.484 e. The summed E-state index contributed by atoms with van der Waals surface area (Å²) in [4.78, 5) is 18.2. The third kappa shape index (κ3) is 5.13. The lowest BCUT2D eigenvalue weighted by atomic mass is 10.1. The molecule has 0 bridgehead atoms. The second-order valence-electron chi connectivity index (χ2n) is 7.12. The predicted molar refractivity (Wildman–Crippen MR) is 128 cm³/mol. The summed E-state index contributed by atoms with van der Waals surface area (Å²) >= 11 is 7.69. The van der Waals surface area contributed by atoms with Crippen LogP contribution in [0.4, 0.5) is 5.69 Å². The molecule has 0 saturated carbocycles. The van der Waals surface area contributed by atoms with E-state index in [2.05, 4.69) is 24.4 Å². The minimum Gasteiger partial charge on any atom is -0.484 e. The van der Waals surface area contributed by atoms with Crippen LogP contribution < -0.4 is 10.1 Å². The number of aromatic nitrogens is 1. The number of aryl methyl sites for hydroxylation is 2. The lowest BCUT2D eigenvalue weighted by molar-refractivity contribution is -0.118. The maximum Gasteiger partial charge on any atom is 0.262 e. The zero-order valence-electron chi connectivity index (χ0n) is 17.2. The van der Waals surface area contributed by atoms with Gasteiger partial charge in [0.1, 0.15) is 10.8 Å². The van der Waals surface area contributed by atoms with Crippen LogP contribution in [0.3, 0.4) is 0 Å². The SMILES string of the molecule is Cc1cc(OCC(=O)Nc2ccc(-c3nc(-c4ccccc4)sc3C)cc2)ccc1Cl. The van der Waals surface area contributed by atoms with Crippen molar-refractivity contribution in [3.05, 3.63) is 88.3 Å². The van der Waals surface area contributed by atoms with Crippen molar-refractivity contribution in [2.75, 3.05) is 11.9 Å². The van der Waals surface area contributed by atoms with Crippen molar-refractivity contribution in [3.63, 3.8) is 0 Å². The van der Waals surface area contributed by atoms with Gasteiger partial charge in [0.25, 0.3) is 5.91 Å². The van der Waals surface area contributed by atoms with Crippen molar-refractivity contribution in [3.8, 4) is 27.6 Å². The molecule has 0 aliphatic rings. The Bertz CT molecular complexity index is 1200. The van der Waals surface area contributed by atoms with E-state index in [4.69, 9.17) is 21.3 Å². The van der Waals surface area contributed by atoms with Crippen molar-refractivity contribution in [1.82, 2.24) is 4.98 Å². The van der Waals surface area contributed by atoms with E-state index in [0.717, 1.165) is 32.3 Å². The number of ether oxygens (including phenoxy) is 1. The van der Waals surface area contributed by atoms with E-state index < -0.39 is 0 Å². The number of hydrogen-bond donors (Lipinski definition) is 1. The molecular formula is C25H21ClN2O2S. The van der Waals surface area contributed by atoms with E-state index in [9.17, 15) is 4.79 Å². The van der Waals surface area contributed by atoms with Crippen LogP contribution in [0.25, 0.3) is 21.8 Å². The number of rotatable bonds is 6. The van der Waals surface area contributed by atoms with Gasteiger partial charge in [-0.2, -0.15) is 0 Å². The summed E-state index contributed by atoms with van der Waals surface area (Å²) in [6.07, 6.45) is 0. The van der Waals surface area contributed by atoms with Gasteiger partial charge in [-0.15, -0.1) is 11.3 Å². The van der Waals surface area contributed by atoms with Crippen molar-refractivity contribution in [1.29, 1.82) is 0 Å². The van der Waals surface area contributed by atoms with E-state index >= 15 is 0 Å². The Morgan fingerprint density at radius 3 is 2.45 bits per heavy atom. The first-order valence-corrected chi connectivity index (χ1v) is 11.0. The minimum absolute atomic E-state index is 0.0749. The molecule has 0 radical (unpaired) electrons. The van der Waals surface area contributed by atoms with Crippen LogP contribution in [0.1, 0.15) is 10.4 Å². The predicted octanol–water partition coefficient (Wildman–Crippen LogP) is 6.76. The summed E-state index contributed by atoms with van der Waals surface area (Å²) in [7, 11) is 0. The molecule has 1 heterocycles. The van der Waals surface area contributed by atoms with E-state index in [0.29, 0.717) is 16.5 Å². The molecule has 4 aromatic rings. The number of carbonyl (C=O) groups is 1. The van der Waals surface area contributed by atoms with Crippen LogP contribution in [-0.4, -0.2) is 17.5 Å². The van der Waals surface area contributed by atoms with Gasteiger partial charge in [-0.3, -0.25) is 4.79 Å². The summed E-state index contributed by atoms with van der Waals surface area (Å²) in [6.45, 7) is 3.89. The molecule has 31 heavy (non-hydrogen) atoms. The number of carbonyl (C=O) groups excluding carboxylic acids is 1. The van der Waals surface area contributed by atoms with Gasteiger partial charge in [0, 0.05) is 26.7 Å². The van der Waals surface area contributed by atoms with Gasteiger partial charge in [0.2, 0.25) is 0 Å². The Balaban J connectivity index is 1.40. The lowest BCUT2D eigenvalue weighted by Gasteiger charge is -2.09. The first kappa shape index (κ1) is 21.1. The van der Waals surface area contributed by atoms with Gasteiger partial charge in [-0.25, -0.2) is 4.98 Å². The van der Waals surface area contributed by atoms with Crippen LogP contribution in [0.15, 0.2) is 72.8 Å². The van der Waals surface area contributed by atoms with Gasteiger partial charge in [0.15, 0.2) is 6.61 Å². The first-order valence-electron chi connectivity index (χ1n) is 9.82. The highest BCUT2D eigenvalue weighted by atomic mass is 35.5. The number of halogens is 1. The number of hydrogen-bond acceptors (Lipinski definition) is 4. The minimum atomic E-state index is -0.225. The number of nitrogens with zero attached hydrogens (tertiary/aromatic N) is 1. The van der Waals surface area contributed by atoms with Gasteiger partial charge in [0.05, 0.1) is 5.69 Å². The average molecular weight is 449 g/mol. The normalized spacial score (nSPS) is 10.7. The average Bonchev–Trinajstić information content (AvgIpc) is 3.17. The third-order valence-corrected chi connectivity index (χ3v) is 6.20. The molecule has 0 aliphatic carbocycles. The van der Waals surface area contributed by atoms with Crippen molar-refractivity contribution in [2.45, 2.75) is 13.8 Å². The smallest absolute Gasteiger partial charge is 0.262 e. The Hall–Kier alpha value is -3.15. The van der Waals surface area contributed by atoms with Crippen molar-refractivity contribution >= 4 is 34.5 Å². The number of nitrogens with one attached hydrogen (secondary N) is 1. The van der Waals surface area contributed by atoms with Crippen molar-refractivity contribution in [2.24, 2.45) is 0 Å². The van der Waals surface area contributed by atoms with E-state index in [1.807, 2.05) is 55.5 Å². The highest BCUT2D eigenvalue weighted by Gasteiger charge is 2.12. The molecule has 3 aromatic carbocycles. The molecule has 0 spiro atoms. The summed E-state index contributed by atoms with van der Waals surface area (Å²) < 4.78 is 5.55. The van der Waals surface area contributed by atoms with Crippen LogP contribution in [0.2, 0.25) is 5.02 Å². The fourth-order valence-corrected chi connectivity index (χ4v) is 4.19. The quantitative estimate of drug-likeness (QED) is 0.354. The summed E-state index contributed by atoms with van der Waals surface area (Å²) in [6, 6.07) is 23.2. The molecule has 1 N–H and O–H groups in total. The summed E-state index contributed by atoms with van der Waals surface area (Å²) in [5.41, 5.74) is 4.70. The van der Waals surface area contributed by atoms with Gasteiger partial charge >= 0.3 is 0 Å². The van der Waals surface area contributed by atoms with Crippen LogP contribution in [0.5, 0.6) is 5.75 Å². The molecule has 0 atom stereocenters. The third-order valence-electron chi connectivity index (χ3n) is 4.76. The Morgan fingerprint density at radius 1 is 1.00 bits per heavy atom. The summed E-state index contributed by atoms with van der Waals surface area (Å²) in [5, 5.41) is 4.52. The van der Waals surface area contributed by atoms with E-state index in [1.165, 1.54) is 0 Å². The van der Waals surface area contributed by atoms with E-state index in [-0.39, 0.29) is 12.5 Å². The monoisotopic (exact) mass is 448 g/mol. The molecule has 0 unspecified atom stereocenters. The molecular weight excluding hydrogens is 428 g/mol. The highest BCUT2D eigenvalue weighted by Crippen LogP contribution is 2.33. The lowest BCUT2D eigenvalue weighted by Crippen LogP contribution is -2.20. The number of thiazole rings is 1.